The highest BCUT2D eigenvalue weighted by atomic mass is 79.9. The third-order valence-electron chi connectivity index (χ3n) is 2.94. The van der Waals surface area contributed by atoms with E-state index >= 15 is 0 Å². The summed E-state index contributed by atoms with van der Waals surface area (Å²) in [6, 6.07) is 12.9. The van der Waals surface area contributed by atoms with Gasteiger partial charge in [-0.2, -0.15) is 0 Å². The van der Waals surface area contributed by atoms with E-state index in [4.69, 9.17) is 21.1 Å². The summed E-state index contributed by atoms with van der Waals surface area (Å²) in [6.45, 7) is 2.75. The smallest absolute Gasteiger partial charge is 0.258 e. The molecular formula is C17H17BrClNO3. The fraction of sp³-hybridized carbons (Fsp3) is 0.235. The van der Waals surface area contributed by atoms with Gasteiger partial charge in [0.25, 0.3) is 5.91 Å². The predicted molar refractivity (Wildman–Crippen MR) is 94.3 cm³/mol. The second kappa shape index (κ2) is 8.79. The lowest BCUT2D eigenvalue weighted by molar-refractivity contribution is -0.123. The number of benzene rings is 2. The van der Waals surface area contributed by atoms with Crippen molar-refractivity contribution in [3.63, 3.8) is 0 Å². The average Bonchev–Trinajstić information content (AvgIpc) is 2.51. The summed E-state index contributed by atoms with van der Waals surface area (Å²) in [4.78, 5) is 11.7. The first-order valence-electron chi connectivity index (χ1n) is 7.08. The van der Waals surface area contributed by atoms with Crippen LogP contribution in [-0.4, -0.2) is 25.7 Å². The van der Waals surface area contributed by atoms with Gasteiger partial charge in [0.05, 0.1) is 11.0 Å². The number of halogens is 2. The Morgan fingerprint density at radius 2 is 2.04 bits per heavy atom. The Balaban J connectivity index is 1.67. The molecule has 2 aromatic rings. The normalized spacial score (nSPS) is 10.2. The van der Waals surface area contributed by atoms with E-state index in [9.17, 15) is 4.79 Å². The van der Waals surface area contributed by atoms with E-state index in [0.717, 1.165) is 11.3 Å². The number of carbonyl (C=O) groups excluding carboxylic acids is 1. The van der Waals surface area contributed by atoms with Crippen molar-refractivity contribution in [2.24, 2.45) is 0 Å². The van der Waals surface area contributed by atoms with Crippen molar-refractivity contribution in [1.29, 1.82) is 0 Å². The third kappa shape index (κ3) is 6.12. The van der Waals surface area contributed by atoms with Crippen molar-refractivity contribution >= 4 is 33.4 Å². The standard InChI is InChI=1S/C17H17BrClNO3/c1-12-3-2-4-14(9-12)22-8-7-20-17(21)11-23-16-6-5-13(19)10-15(16)18/h2-6,9-10H,7-8,11H2,1H3,(H,20,21). The van der Waals surface area contributed by atoms with Gasteiger partial charge in [0.2, 0.25) is 0 Å². The van der Waals surface area contributed by atoms with Gasteiger partial charge in [-0.1, -0.05) is 23.7 Å². The van der Waals surface area contributed by atoms with Crippen LogP contribution in [0.5, 0.6) is 11.5 Å². The van der Waals surface area contributed by atoms with Crippen LogP contribution in [0.15, 0.2) is 46.9 Å². The monoisotopic (exact) mass is 397 g/mol. The highest BCUT2D eigenvalue weighted by molar-refractivity contribution is 9.10. The maximum Gasteiger partial charge on any atom is 0.258 e. The molecule has 0 aliphatic rings. The zero-order valence-corrected chi connectivity index (χ0v) is 15.0. The molecule has 0 bridgehead atoms. The minimum atomic E-state index is -0.209. The minimum absolute atomic E-state index is 0.0648. The van der Waals surface area contributed by atoms with Gasteiger partial charge in [-0.15, -0.1) is 0 Å². The Bertz CT molecular complexity index is 679. The highest BCUT2D eigenvalue weighted by Crippen LogP contribution is 2.27. The van der Waals surface area contributed by atoms with Gasteiger partial charge in [0.1, 0.15) is 18.1 Å². The molecule has 0 saturated carbocycles. The highest BCUT2D eigenvalue weighted by Gasteiger charge is 2.06. The van der Waals surface area contributed by atoms with E-state index in [-0.39, 0.29) is 12.5 Å². The van der Waals surface area contributed by atoms with Crippen LogP contribution in [0.2, 0.25) is 5.02 Å². The molecule has 23 heavy (non-hydrogen) atoms. The zero-order valence-electron chi connectivity index (χ0n) is 12.6. The van der Waals surface area contributed by atoms with Crippen molar-refractivity contribution in [3.8, 4) is 11.5 Å². The summed E-state index contributed by atoms with van der Waals surface area (Å²) < 4.78 is 11.7. The molecule has 2 rings (SSSR count). The Morgan fingerprint density at radius 1 is 1.22 bits per heavy atom. The Hall–Kier alpha value is -1.72. The molecule has 2 aromatic carbocycles. The van der Waals surface area contributed by atoms with Gasteiger partial charge in [-0.3, -0.25) is 4.79 Å². The largest absolute Gasteiger partial charge is 0.492 e. The number of hydrogen-bond acceptors (Lipinski definition) is 3. The number of amides is 1. The third-order valence-corrected chi connectivity index (χ3v) is 3.79. The summed E-state index contributed by atoms with van der Waals surface area (Å²) in [7, 11) is 0. The van der Waals surface area contributed by atoms with E-state index in [2.05, 4.69) is 21.2 Å². The van der Waals surface area contributed by atoms with Crippen LogP contribution in [0.25, 0.3) is 0 Å². The summed E-state index contributed by atoms with van der Waals surface area (Å²) >= 11 is 9.18. The quantitative estimate of drug-likeness (QED) is 0.718. The van der Waals surface area contributed by atoms with Gasteiger partial charge >= 0.3 is 0 Å². The Labute approximate surface area is 148 Å². The molecule has 0 aliphatic heterocycles. The molecule has 0 radical (unpaired) electrons. The lowest BCUT2D eigenvalue weighted by atomic mass is 10.2. The summed E-state index contributed by atoms with van der Waals surface area (Å²) in [5.41, 5.74) is 1.13. The van der Waals surface area contributed by atoms with Gasteiger partial charge in [0.15, 0.2) is 6.61 Å². The number of aryl methyl sites for hydroxylation is 1. The van der Waals surface area contributed by atoms with Crippen LogP contribution < -0.4 is 14.8 Å². The molecular weight excluding hydrogens is 382 g/mol. The second-order valence-corrected chi connectivity index (χ2v) is 6.17. The van der Waals surface area contributed by atoms with Crippen LogP contribution in [0.1, 0.15) is 5.56 Å². The van der Waals surface area contributed by atoms with Gasteiger partial charge in [0, 0.05) is 5.02 Å². The Morgan fingerprint density at radius 3 is 2.78 bits per heavy atom. The maximum absolute atomic E-state index is 11.7. The molecule has 0 aromatic heterocycles. The number of carbonyl (C=O) groups is 1. The van der Waals surface area contributed by atoms with Crippen LogP contribution in [0.4, 0.5) is 0 Å². The van der Waals surface area contributed by atoms with E-state index in [1.807, 2.05) is 31.2 Å². The van der Waals surface area contributed by atoms with Crippen LogP contribution in [-0.2, 0) is 4.79 Å². The van der Waals surface area contributed by atoms with Gasteiger partial charge in [-0.25, -0.2) is 0 Å². The van der Waals surface area contributed by atoms with E-state index < -0.39 is 0 Å². The molecule has 122 valence electrons. The maximum atomic E-state index is 11.7. The van der Waals surface area contributed by atoms with Crippen molar-refractivity contribution in [2.45, 2.75) is 6.92 Å². The fourth-order valence-corrected chi connectivity index (χ4v) is 2.65. The predicted octanol–water partition coefficient (Wildman–Crippen LogP) is 3.98. The van der Waals surface area contributed by atoms with E-state index in [1.165, 1.54) is 0 Å². The average molecular weight is 399 g/mol. The molecule has 0 aliphatic carbocycles. The molecule has 1 N–H and O–H groups in total. The van der Waals surface area contributed by atoms with Gasteiger partial charge < -0.3 is 14.8 Å². The van der Waals surface area contributed by atoms with Crippen molar-refractivity contribution < 1.29 is 14.3 Å². The lowest BCUT2D eigenvalue weighted by Crippen LogP contribution is -2.32. The zero-order chi connectivity index (χ0) is 16.7. The van der Waals surface area contributed by atoms with Crippen molar-refractivity contribution in [3.05, 3.63) is 57.5 Å². The van der Waals surface area contributed by atoms with E-state index in [0.29, 0.717) is 28.4 Å². The molecule has 0 spiro atoms. The summed E-state index contributed by atoms with van der Waals surface area (Å²) in [5, 5.41) is 3.34. The summed E-state index contributed by atoms with van der Waals surface area (Å²) in [6.07, 6.45) is 0. The molecule has 0 unspecified atom stereocenters. The summed E-state index contributed by atoms with van der Waals surface area (Å²) in [5.74, 6) is 1.15. The topological polar surface area (TPSA) is 47.6 Å². The van der Waals surface area contributed by atoms with Gasteiger partial charge in [-0.05, 0) is 58.7 Å². The first-order chi connectivity index (χ1) is 11.0. The number of ether oxygens (including phenoxy) is 2. The molecule has 0 fully saturated rings. The fourth-order valence-electron chi connectivity index (χ4n) is 1.85. The van der Waals surface area contributed by atoms with E-state index in [1.54, 1.807) is 18.2 Å². The van der Waals surface area contributed by atoms with Crippen LogP contribution in [0.3, 0.4) is 0 Å². The second-order valence-electron chi connectivity index (χ2n) is 4.88. The van der Waals surface area contributed by atoms with Crippen LogP contribution in [0, 0.1) is 6.92 Å². The first-order valence-corrected chi connectivity index (χ1v) is 8.26. The molecule has 6 heteroatoms. The molecule has 0 atom stereocenters. The van der Waals surface area contributed by atoms with Crippen LogP contribution >= 0.6 is 27.5 Å². The minimum Gasteiger partial charge on any atom is -0.492 e. The number of hydrogen-bond donors (Lipinski definition) is 1. The molecule has 0 saturated heterocycles. The van der Waals surface area contributed by atoms with Crippen molar-refractivity contribution in [1.82, 2.24) is 5.32 Å². The molecule has 1 amide bonds. The molecule has 4 nitrogen and oxygen atoms in total. The number of rotatable bonds is 7. The SMILES string of the molecule is Cc1cccc(OCCNC(=O)COc2ccc(Cl)cc2Br)c1. The molecule has 0 heterocycles. The lowest BCUT2D eigenvalue weighted by Gasteiger charge is -2.10. The first kappa shape index (κ1) is 17.6. The Kier molecular flexibility index (Phi) is 6.74. The number of nitrogens with one attached hydrogen (secondary N) is 1. The van der Waals surface area contributed by atoms with Crippen molar-refractivity contribution in [2.75, 3.05) is 19.8 Å².